The summed E-state index contributed by atoms with van der Waals surface area (Å²) < 4.78 is 7.48. The van der Waals surface area contributed by atoms with Gasteiger partial charge < -0.3 is 10.5 Å². The molecule has 2 atom stereocenters. The third kappa shape index (κ3) is 2.61. The van der Waals surface area contributed by atoms with Crippen LogP contribution in [0.15, 0.2) is 36.5 Å². The van der Waals surface area contributed by atoms with Crippen LogP contribution >= 0.6 is 0 Å². The van der Waals surface area contributed by atoms with Gasteiger partial charge in [0.1, 0.15) is 11.6 Å². The van der Waals surface area contributed by atoms with Crippen molar-refractivity contribution in [3.8, 4) is 5.75 Å². The number of hydrogen-bond donors (Lipinski definition) is 1. The van der Waals surface area contributed by atoms with Gasteiger partial charge in [-0.1, -0.05) is 18.2 Å². The quantitative estimate of drug-likeness (QED) is 0.942. The molecule has 0 spiro atoms. The van der Waals surface area contributed by atoms with E-state index < -0.39 is 0 Å². The van der Waals surface area contributed by atoms with Crippen molar-refractivity contribution in [1.82, 2.24) is 14.7 Å². The van der Waals surface area contributed by atoms with Crippen LogP contribution in [-0.2, 0) is 0 Å². The molecular weight excluding hydrogens is 264 g/mol. The van der Waals surface area contributed by atoms with E-state index in [9.17, 15) is 0 Å². The van der Waals surface area contributed by atoms with Crippen LogP contribution in [0.1, 0.15) is 30.5 Å². The molecule has 0 saturated carbocycles. The van der Waals surface area contributed by atoms with E-state index in [0.29, 0.717) is 12.1 Å². The van der Waals surface area contributed by atoms with Gasteiger partial charge in [0, 0.05) is 18.2 Å². The minimum atomic E-state index is 0.323. The SMILES string of the molecule is COc1ccccc1C1CC(n2nccc2N)CCN1C. The van der Waals surface area contributed by atoms with Crippen LogP contribution in [0.3, 0.4) is 0 Å². The molecule has 21 heavy (non-hydrogen) atoms. The molecule has 5 nitrogen and oxygen atoms in total. The normalized spacial score (nSPS) is 23.1. The Morgan fingerprint density at radius 3 is 2.81 bits per heavy atom. The molecule has 2 N–H and O–H groups in total. The van der Waals surface area contributed by atoms with Crippen LogP contribution in [0.4, 0.5) is 5.82 Å². The van der Waals surface area contributed by atoms with Gasteiger partial charge in [-0.2, -0.15) is 5.10 Å². The number of ether oxygens (including phenoxy) is 1. The highest BCUT2D eigenvalue weighted by atomic mass is 16.5. The van der Waals surface area contributed by atoms with Gasteiger partial charge in [0.05, 0.1) is 19.3 Å². The second kappa shape index (κ2) is 5.77. The van der Waals surface area contributed by atoms with E-state index in [-0.39, 0.29) is 0 Å². The van der Waals surface area contributed by atoms with Crippen LogP contribution < -0.4 is 10.5 Å². The lowest BCUT2D eigenvalue weighted by Gasteiger charge is -2.38. The number of piperidine rings is 1. The average Bonchev–Trinajstić information content (AvgIpc) is 2.94. The first-order valence-electron chi connectivity index (χ1n) is 7.33. The number of hydrogen-bond acceptors (Lipinski definition) is 4. The average molecular weight is 286 g/mol. The van der Waals surface area contributed by atoms with E-state index in [0.717, 1.165) is 31.0 Å². The van der Waals surface area contributed by atoms with Crippen LogP contribution in [0.2, 0.25) is 0 Å². The molecule has 0 bridgehead atoms. The Labute approximate surface area is 125 Å². The third-order valence-corrected chi connectivity index (χ3v) is 4.39. The molecule has 2 heterocycles. The van der Waals surface area contributed by atoms with Crippen molar-refractivity contribution >= 4 is 5.82 Å². The van der Waals surface area contributed by atoms with Gasteiger partial charge >= 0.3 is 0 Å². The Bertz CT molecular complexity index is 610. The summed E-state index contributed by atoms with van der Waals surface area (Å²) in [7, 11) is 3.89. The lowest BCUT2D eigenvalue weighted by Crippen LogP contribution is -2.35. The molecule has 5 heteroatoms. The second-order valence-corrected chi connectivity index (χ2v) is 5.62. The Hall–Kier alpha value is -2.01. The molecule has 1 aromatic heterocycles. The minimum absolute atomic E-state index is 0.323. The monoisotopic (exact) mass is 286 g/mol. The maximum Gasteiger partial charge on any atom is 0.123 e. The fraction of sp³-hybridized carbons (Fsp3) is 0.438. The summed E-state index contributed by atoms with van der Waals surface area (Å²) in [5.74, 6) is 1.69. The number of nitrogen functional groups attached to an aromatic ring is 1. The first-order valence-corrected chi connectivity index (χ1v) is 7.33. The van der Waals surface area contributed by atoms with Gasteiger partial charge in [-0.15, -0.1) is 0 Å². The zero-order valence-corrected chi connectivity index (χ0v) is 12.6. The predicted octanol–water partition coefficient (Wildman–Crippen LogP) is 2.48. The molecule has 1 aromatic carbocycles. The maximum absolute atomic E-state index is 6.01. The molecule has 1 aliphatic heterocycles. The standard InChI is InChI=1S/C16H22N4O/c1-19-10-8-12(20-16(17)7-9-18-20)11-14(19)13-5-3-4-6-15(13)21-2/h3-7,9,12,14H,8,10-11,17H2,1-2H3. The number of para-hydroxylation sites is 1. The Kier molecular flexibility index (Phi) is 3.84. The molecule has 3 rings (SSSR count). The molecule has 0 amide bonds. The van der Waals surface area contributed by atoms with Gasteiger partial charge in [0.2, 0.25) is 0 Å². The van der Waals surface area contributed by atoms with Crippen LogP contribution in [0.5, 0.6) is 5.75 Å². The van der Waals surface area contributed by atoms with Crippen molar-refractivity contribution in [2.45, 2.75) is 24.9 Å². The van der Waals surface area contributed by atoms with Gasteiger partial charge in [0.25, 0.3) is 0 Å². The number of nitrogens with zero attached hydrogens (tertiary/aromatic N) is 3. The van der Waals surface area contributed by atoms with E-state index in [2.05, 4.69) is 29.2 Å². The summed E-state index contributed by atoms with van der Waals surface area (Å²) in [6.45, 7) is 1.02. The molecular formula is C16H22N4O. The fourth-order valence-electron chi connectivity index (χ4n) is 3.22. The van der Waals surface area contributed by atoms with E-state index in [1.165, 1.54) is 5.56 Å². The third-order valence-electron chi connectivity index (χ3n) is 4.39. The zero-order valence-electron chi connectivity index (χ0n) is 12.6. The number of likely N-dealkylation sites (tertiary alicyclic amines) is 1. The second-order valence-electron chi connectivity index (χ2n) is 5.62. The molecule has 112 valence electrons. The smallest absolute Gasteiger partial charge is 0.123 e. The molecule has 0 radical (unpaired) electrons. The summed E-state index contributed by atoms with van der Waals surface area (Å²) >= 11 is 0. The number of methoxy groups -OCH3 is 1. The maximum atomic E-state index is 6.01. The molecule has 1 saturated heterocycles. The first-order chi connectivity index (χ1) is 10.2. The Morgan fingerprint density at radius 1 is 1.29 bits per heavy atom. The van der Waals surface area contributed by atoms with E-state index >= 15 is 0 Å². The summed E-state index contributed by atoms with van der Waals surface area (Å²) in [6.07, 6.45) is 3.82. The van der Waals surface area contributed by atoms with Crippen molar-refractivity contribution in [1.29, 1.82) is 0 Å². The first kappa shape index (κ1) is 13.9. The summed E-state index contributed by atoms with van der Waals surface area (Å²) in [4.78, 5) is 2.38. The minimum Gasteiger partial charge on any atom is -0.496 e. The molecule has 0 aliphatic carbocycles. The van der Waals surface area contributed by atoms with Gasteiger partial charge in [-0.25, -0.2) is 4.68 Å². The van der Waals surface area contributed by atoms with Crippen molar-refractivity contribution in [3.05, 3.63) is 42.1 Å². The lowest BCUT2D eigenvalue weighted by atomic mass is 9.91. The summed E-state index contributed by atoms with van der Waals surface area (Å²) in [5.41, 5.74) is 7.24. The highest BCUT2D eigenvalue weighted by molar-refractivity contribution is 5.36. The van der Waals surface area contributed by atoms with Crippen molar-refractivity contribution < 1.29 is 4.74 Å². The number of aromatic nitrogens is 2. The molecule has 1 fully saturated rings. The van der Waals surface area contributed by atoms with Crippen LogP contribution in [0.25, 0.3) is 0 Å². The van der Waals surface area contributed by atoms with E-state index in [4.69, 9.17) is 10.5 Å². The number of benzene rings is 1. The number of rotatable bonds is 3. The van der Waals surface area contributed by atoms with Crippen molar-refractivity contribution in [2.24, 2.45) is 0 Å². The fourth-order valence-corrected chi connectivity index (χ4v) is 3.22. The topological polar surface area (TPSA) is 56.3 Å². The van der Waals surface area contributed by atoms with Crippen LogP contribution in [0, 0.1) is 0 Å². The Balaban J connectivity index is 1.89. The zero-order chi connectivity index (χ0) is 14.8. The molecule has 1 aliphatic rings. The highest BCUT2D eigenvalue weighted by Crippen LogP contribution is 2.39. The molecule has 2 aromatic rings. The Morgan fingerprint density at radius 2 is 2.10 bits per heavy atom. The number of nitrogens with two attached hydrogens (primary N) is 1. The predicted molar refractivity (Wildman–Crippen MR) is 83.3 cm³/mol. The largest absolute Gasteiger partial charge is 0.496 e. The highest BCUT2D eigenvalue weighted by Gasteiger charge is 2.30. The van der Waals surface area contributed by atoms with Crippen molar-refractivity contribution in [2.75, 3.05) is 26.4 Å². The van der Waals surface area contributed by atoms with Crippen LogP contribution in [-0.4, -0.2) is 35.4 Å². The van der Waals surface area contributed by atoms with E-state index in [1.54, 1.807) is 13.3 Å². The lowest BCUT2D eigenvalue weighted by molar-refractivity contribution is 0.138. The van der Waals surface area contributed by atoms with Gasteiger partial charge in [0.15, 0.2) is 0 Å². The van der Waals surface area contributed by atoms with Crippen molar-refractivity contribution in [3.63, 3.8) is 0 Å². The molecule has 2 unspecified atom stereocenters. The van der Waals surface area contributed by atoms with E-state index in [1.807, 2.05) is 22.9 Å². The number of anilines is 1. The summed E-state index contributed by atoms with van der Waals surface area (Å²) in [6, 6.07) is 10.8. The van der Waals surface area contributed by atoms with Gasteiger partial charge in [-0.05, 0) is 32.0 Å². The van der Waals surface area contributed by atoms with Gasteiger partial charge in [-0.3, -0.25) is 4.90 Å². The summed E-state index contributed by atoms with van der Waals surface area (Å²) in [5, 5.41) is 4.38.